The molecule has 0 aliphatic heterocycles. The monoisotopic (exact) mass is 440 g/mol. The number of halogens is 3. The number of alkyl halides is 3. The van der Waals surface area contributed by atoms with Gasteiger partial charge in [0.15, 0.2) is 11.5 Å². The van der Waals surface area contributed by atoms with Crippen LogP contribution in [0.4, 0.5) is 18.9 Å². The number of carbonyl (C=O) groups is 1. The molecule has 1 amide bonds. The topological polar surface area (TPSA) is 52.0 Å². The van der Waals surface area contributed by atoms with Gasteiger partial charge in [0, 0.05) is 23.0 Å². The molecule has 2 aromatic heterocycles. The maximum absolute atomic E-state index is 13.6. The van der Waals surface area contributed by atoms with Crippen LogP contribution in [0.25, 0.3) is 16.8 Å². The van der Waals surface area contributed by atoms with Gasteiger partial charge in [0.2, 0.25) is 0 Å². The summed E-state index contributed by atoms with van der Waals surface area (Å²) in [6, 6.07) is 17.1. The maximum atomic E-state index is 13.6. The summed E-state index contributed by atoms with van der Waals surface area (Å²) >= 11 is 0. The average molecular weight is 440 g/mol. The molecule has 2 aromatic carbocycles. The van der Waals surface area contributed by atoms with Gasteiger partial charge in [-0.2, -0.15) is 13.2 Å². The van der Waals surface area contributed by atoms with Crippen molar-refractivity contribution in [2.75, 3.05) is 19.5 Å². The predicted octanol–water partition coefficient (Wildman–Crippen LogP) is 5.89. The summed E-state index contributed by atoms with van der Waals surface area (Å²) < 4.78 is 52.8. The first-order chi connectivity index (χ1) is 15.3. The number of pyridine rings is 1. The molecule has 8 heteroatoms. The van der Waals surface area contributed by atoms with Crippen molar-refractivity contribution in [2.45, 2.75) is 6.18 Å². The van der Waals surface area contributed by atoms with E-state index < -0.39 is 11.7 Å². The van der Waals surface area contributed by atoms with Crippen LogP contribution in [-0.4, -0.2) is 24.5 Å². The highest BCUT2D eigenvalue weighted by Crippen LogP contribution is 2.39. The summed E-state index contributed by atoms with van der Waals surface area (Å²) in [5.41, 5.74) is 0.955. The van der Waals surface area contributed by atoms with Crippen molar-refractivity contribution in [1.29, 1.82) is 0 Å². The van der Waals surface area contributed by atoms with E-state index in [4.69, 9.17) is 9.47 Å². The third kappa shape index (κ3) is 3.99. The Morgan fingerprint density at radius 1 is 0.906 bits per heavy atom. The molecule has 0 atom stereocenters. The summed E-state index contributed by atoms with van der Waals surface area (Å²) in [5.74, 6) is 0.520. The number of anilines is 1. The van der Waals surface area contributed by atoms with Gasteiger partial charge < -0.3 is 19.2 Å². The summed E-state index contributed by atoms with van der Waals surface area (Å²) in [6.07, 6.45) is -2.91. The Hall–Kier alpha value is -3.94. The van der Waals surface area contributed by atoms with Crippen LogP contribution in [0.3, 0.4) is 0 Å². The largest absolute Gasteiger partial charge is 0.493 e. The van der Waals surface area contributed by atoms with Crippen molar-refractivity contribution in [3.05, 3.63) is 84.1 Å². The van der Waals surface area contributed by atoms with Crippen molar-refractivity contribution in [1.82, 2.24) is 4.40 Å². The van der Waals surface area contributed by atoms with E-state index in [1.54, 1.807) is 66.9 Å². The number of ether oxygens (including phenoxy) is 2. The highest BCUT2D eigenvalue weighted by molar-refractivity contribution is 6.04. The van der Waals surface area contributed by atoms with Gasteiger partial charge in [0.1, 0.15) is 0 Å². The second kappa shape index (κ2) is 8.30. The van der Waals surface area contributed by atoms with Gasteiger partial charge in [0.05, 0.1) is 25.5 Å². The van der Waals surface area contributed by atoms with Gasteiger partial charge in [-0.1, -0.05) is 18.2 Å². The molecular formula is C24H19F3N2O3. The lowest BCUT2D eigenvalue weighted by Crippen LogP contribution is -2.12. The Kier molecular flexibility index (Phi) is 5.52. The van der Waals surface area contributed by atoms with E-state index in [0.717, 1.165) is 6.07 Å². The zero-order valence-corrected chi connectivity index (χ0v) is 17.2. The van der Waals surface area contributed by atoms with E-state index in [2.05, 4.69) is 5.32 Å². The van der Waals surface area contributed by atoms with E-state index in [1.807, 2.05) is 0 Å². The third-order valence-corrected chi connectivity index (χ3v) is 5.05. The second-order valence-corrected chi connectivity index (χ2v) is 7.00. The number of aromatic nitrogens is 1. The zero-order valence-electron chi connectivity index (χ0n) is 17.2. The molecule has 0 aliphatic carbocycles. The van der Waals surface area contributed by atoms with Crippen molar-refractivity contribution in [3.8, 4) is 22.8 Å². The smallest absolute Gasteiger partial charge is 0.418 e. The number of benzene rings is 2. The van der Waals surface area contributed by atoms with Gasteiger partial charge in [-0.15, -0.1) is 0 Å². The highest BCUT2D eigenvalue weighted by atomic mass is 19.4. The molecule has 2 heterocycles. The molecule has 4 aromatic rings. The molecular weight excluding hydrogens is 421 g/mol. The molecule has 0 radical (unpaired) electrons. The first-order valence-electron chi connectivity index (χ1n) is 9.63. The van der Waals surface area contributed by atoms with Gasteiger partial charge >= 0.3 is 6.18 Å². The van der Waals surface area contributed by atoms with Crippen LogP contribution in [0.2, 0.25) is 0 Å². The van der Waals surface area contributed by atoms with E-state index in [-0.39, 0.29) is 11.6 Å². The Balaban J connectivity index is 1.63. The lowest BCUT2D eigenvalue weighted by molar-refractivity contribution is -0.137. The Morgan fingerprint density at radius 3 is 2.28 bits per heavy atom. The number of hydrogen-bond acceptors (Lipinski definition) is 3. The first-order valence-corrected chi connectivity index (χ1v) is 9.63. The number of carbonyl (C=O) groups excluding carboxylic acids is 1. The molecule has 0 saturated heterocycles. The SMILES string of the molecule is COc1ccc(C(=O)Nc2ccc(-c3c(C(F)(F)F)cc4ccccn34)cc2)cc1OC. The van der Waals surface area contributed by atoms with E-state index >= 15 is 0 Å². The number of nitrogens with one attached hydrogen (secondary N) is 1. The van der Waals surface area contributed by atoms with Crippen molar-refractivity contribution in [3.63, 3.8) is 0 Å². The first kappa shape index (κ1) is 21.3. The molecule has 5 nitrogen and oxygen atoms in total. The molecule has 164 valence electrons. The highest BCUT2D eigenvalue weighted by Gasteiger charge is 2.36. The summed E-state index contributed by atoms with van der Waals surface area (Å²) in [6.45, 7) is 0. The molecule has 0 aliphatic rings. The van der Waals surface area contributed by atoms with Crippen molar-refractivity contribution in [2.24, 2.45) is 0 Å². The average Bonchev–Trinajstić information content (AvgIpc) is 3.19. The van der Waals surface area contributed by atoms with Gasteiger partial charge in [-0.05, 0) is 54.1 Å². The molecule has 0 saturated carbocycles. The number of nitrogens with zero attached hydrogens (tertiary/aromatic N) is 1. The van der Waals surface area contributed by atoms with Crippen LogP contribution >= 0.6 is 0 Å². The minimum Gasteiger partial charge on any atom is -0.493 e. The van der Waals surface area contributed by atoms with Crippen LogP contribution in [0.5, 0.6) is 11.5 Å². The standard InChI is InChI=1S/C24H19F3N2O3/c1-31-20-11-8-16(13-21(20)32-2)23(30)28-17-9-6-15(7-10-17)22-19(24(25,26)27)14-18-5-3-4-12-29(18)22/h3-14H,1-2H3,(H,28,30). The van der Waals surface area contributed by atoms with Gasteiger partial charge in [-0.3, -0.25) is 4.79 Å². The number of amides is 1. The number of hydrogen-bond donors (Lipinski definition) is 1. The fraction of sp³-hybridized carbons (Fsp3) is 0.125. The third-order valence-electron chi connectivity index (χ3n) is 5.05. The maximum Gasteiger partial charge on any atom is 0.418 e. The van der Waals surface area contributed by atoms with E-state index in [0.29, 0.717) is 33.8 Å². The molecule has 0 fully saturated rings. The predicted molar refractivity (Wildman–Crippen MR) is 115 cm³/mol. The molecule has 0 spiro atoms. The van der Waals surface area contributed by atoms with Crippen LogP contribution in [0.15, 0.2) is 72.9 Å². The quantitative estimate of drug-likeness (QED) is 0.421. The van der Waals surface area contributed by atoms with E-state index in [1.165, 1.54) is 18.6 Å². The van der Waals surface area contributed by atoms with Gasteiger partial charge in [-0.25, -0.2) is 0 Å². The zero-order chi connectivity index (χ0) is 22.9. The Morgan fingerprint density at radius 2 is 1.62 bits per heavy atom. The lowest BCUT2D eigenvalue weighted by atomic mass is 10.1. The summed E-state index contributed by atoms with van der Waals surface area (Å²) in [7, 11) is 2.97. The fourth-order valence-corrected chi connectivity index (χ4v) is 3.53. The minimum atomic E-state index is -4.50. The summed E-state index contributed by atoms with van der Waals surface area (Å²) in [4.78, 5) is 12.6. The summed E-state index contributed by atoms with van der Waals surface area (Å²) in [5, 5.41) is 2.74. The fourth-order valence-electron chi connectivity index (χ4n) is 3.53. The van der Waals surface area contributed by atoms with Crippen LogP contribution in [0, 0.1) is 0 Å². The molecule has 0 bridgehead atoms. The number of fused-ring (bicyclic) bond motifs is 1. The number of methoxy groups -OCH3 is 2. The lowest BCUT2D eigenvalue weighted by Gasteiger charge is -2.12. The van der Waals surface area contributed by atoms with Crippen molar-refractivity contribution < 1.29 is 27.4 Å². The Labute approximate surface area is 182 Å². The van der Waals surface area contributed by atoms with Crippen molar-refractivity contribution >= 4 is 17.1 Å². The second-order valence-electron chi connectivity index (χ2n) is 7.00. The van der Waals surface area contributed by atoms with Crippen LogP contribution < -0.4 is 14.8 Å². The molecule has 32 heavy (non-hydrogen) atoms. The Bertz CT molecular complexity index is 1280. The minimum absolute atomic E-state index is 0.0471. The molecule has 4 rings (SSSR count). The molecule has 1 N–H and O–H groups in total. The van der Waals surface area contributed by atoms with Crippen LogP contribution in [-0.2, 0) is 6.18 Å². The normalized spacial score (nSPS) is 11.4. The number of rotatable bonds is 5. The molecule has 0 unspecified atom stereocenters. The van der Waals surface area contributed by atoms with Gasteiger partial charge in [0.25, 0.3) is 5.91 Å². The van der Waals surface area contributed by atoms with E-state index in [9.17, 15) is 18.0 Å². The van der Waals surface area contributed by atoms with Crippen LogP contribution in [0.1, 0.15) is 15.9 Å².